The number of para-hydroxylation sites is 3. The van der Waals surface area contributed by atoms with E-state index in [0.29, 0.717) is 46.0 Å². The fourth-order valence-corrected chi connectivity index (χ4v) is 4.32. The summed E-state index contributed by atoms with van der Waals surface area (Å²) in [5, 5.41) is 3.49. The van der Waals surface area contributed by atoms with E-state index in [0.717, 1.165) is 25.9 Å². The van der Waals surface area contributed by atoms with Crippen LogP contribution in [0.4, 0.5) is 5.69 Å². The van der Waals surface area contributed by atoms with E-state index in [1.807, 2.05) is 42.5 Å². The molecule has 0 bridgehead atoms. The summed E-state index contributed by atoms with van der Waals surface area (Å²) in [6, 6.07) is 21.6. The first-order chi connectivity index (χ1) is 17.1. The van der Waals surface area contributed by atoms with Crippen LogP contribution in [0, 0.1) is 6.92 Å². The van der Waals surface area contributed by atoms with Crippen LogP contribution in [0.2, 0.25) is 0 Å². The van der Waals surface area contributed by atoms with E-state index in [2.05, 4.69) is 10.3 Å². The second-order valence-electron chi connectivity index (χ2n) is 8.61. The van der Waals surface area contributed by atoms with Crippen LogP contribution in [0.25, 0.3) is 16.6 Å². The maximum atomic E-state index is 13.0. The maximum Gasteiger partial charge on any atom is 0.265 e. The van der Waals surface area contributed by atoms with Gasteiger partial charge in [0.1, 0.15) is 18.2 Å². The lowest BCUT2D eigenvalue weighted by molar-refractivity contribution is -0.0109. The second kappa shape index (κ2) is 10.1. The third-order valence-corrected chi connectivity index (χ3v) is 6.17. The summed E-state index contributed by atoms with van der Waals surface area (Å²) >= 11 is 0. The molecule has 1 unspecified atom stereocenters. The Morgan fingerprint density at radius 2 is 1.83 bits per heavy atom. The second-order valence-corrected chi connectivity index (χ2v) is 8.61. The molecular formula is C28H27N3O4. The van der Waals surface area contributed by atoms with Crippen LogP contribution >= 0.6 is 0 Å². The van der Waals surface area contributed by atoms with Crippen molar-refractivity contribution in [3.63, 3.8) is 0 Å². The average molecular weight is 470 g/mol. The number of aromatic nitrogens is 2. The minimum Gasteiger partial charge on any atom is -0.489 e. The molecule has 1 aliphatic rings. The summed E-state index contributed by atoms with van der Waals surface area (Å²) < 4.78 is 13.3. The molecule has 35 heavy (non-hydrogen) atoms. The highest BCUT2D eigenvalue weighted by Gasteiger charge is 2.16. The molecule has 0 saturated carbocycles. The molecule has 1 atom stereocenters. The quantitative estimate of drug-likeness (QED) is 0.435. The Labute approximate surface area is 203 Å². The number of hydrogen-bond donors (Lipinski definition) is 1. The van der Waals surface area contributed by atoms with Crippen LogP contribution in [0.15, 0.2) is 77.6 Å². The zero-order chi connectivity index (χ0) is 24.2. The fraction of sp³-hybridized carbons (Fsp3) is 0.250. The largest absolute Gasteiger partial charge is 0.489 e. The van der Waals surface area contributed by atoms with Gasteiger partial charge in [-0.2, -0.15) is 0 Å². The fourth-order valence-electron chi connectivity index (χ4n) is 4.32. The van der Waals surface area contributed by atoms with Crippen molar-refractivity contribution in [3.8, 4) is 11.4 Å². The van der Waals surface area contributed by atoms with E-state index in [1.54, 1.807) is 41.8 Å². The van der Waals surface area contributed by atoms with Gasteiger partial charge in [-0.1, -0.05) is 24.3 Å². The van der Waals surface area contributed by atoms with E-state index >= 15 is 0 Å². The highest BCUT2D eigenvalue weighted by molar-refractivity contribution is 6.05. The summed E-state index contributed by atoms with van der Waals surface area (Å²) in [7, 11) is 0. The van der Waals surface area contributed by atoms with E-state index in [-0.39, 0.29) is 17.6 Å². The number of carbonyl (C=O) groups excluding carboxylic acids is 1. The van der Waals surface area contributed by atoms with Gasteiger partial charge in [0.05, 0.1) is 28.4 Å². The maximum absolute atomic E-state index is 13.0. The van der Waals surface area contributed by atoms with Crippen molar-refractivity contribution in [2.24, 2.45) is 0 Å². The lowest BCUT2D eigenvalue weighted by atomic mass is 10.1. The smallest absolute Gasteiger partial charge is 0.265 e. The molecule has 0 radical (unpaired) electrons. The van der Waals surface area contributed by atoms with Gasteiger partial charge in [0.15, 0.2) is 0 Å². The number of carbonyl (C=O) groups is 1. The van der Waals surface area contributed by atoms with Gasteiger partial charge < -0.3 is 14.8 Å². The first-order valence-electron chi connectivity index (χ1n) is 11.8. The Morgan fingerprint density at radius 1 is 1.06 bits per heavy atom. The van der Waals surface area contributed by atoms with Crippen LogP contribution in [-0.2, 0) is 4.74 Å². The topological polar surface area (TPSA) is 82.5 Å². The first kappa shape index (κ1) is 22.8. The zero-order valence-electron chi connectivity index (χ0n) is 19.6. The molecule has 4 aromatic rings. The van der Waals surface area contributed by atoms with Crippen molar-refractivity contribution in [3.05, 3.63) is 94.5 Å². The van der Waals surface area contributed by atoms with Crippen molar-refractivity contribution in [2.75, 3.05) is 18.5 Å². The molecule has 1 N–H and O–H groups in total. The molecule has 1 saturated heterocycles. The normalized spacial score (nSPS) is 15.6. The predicted molar refractivity (Wildman–Crippen MR) is 136 cm³/mol. The number of ether oxygens (including phenoxy) is 2. The van der Waals surface area contributed by atoms with Crippen molar-refractivity contribution >= 4 is 22.5 Å². The molecule has 2 heterocycles. The summed E-state index contributed by atoms with van der Waals surface area (Å²) in [5.74, 6) is 0.928. The predicted octanol–water partition coefficient (Wildman–Crippen LogP) is 4.89. The summed E-state index contributed by atoms with van der Waals surface area (Å²) in [6.07, 6.45) is 3.30. The SMILES string of the molecule is Cc1nc2ccccc2c(=O)n1-c1ccc(C(=O)Nc2ccccc2OCC2CCCCO2)cc1. The standard InChI is InChI=1S/C28H27N3O4/c1-19-29-24-10-3-2-9-23(24)28(33)31(19)21-15-13-20(14-16-21)27(32)30-25-11-4-5-12-26(25)35-18-22-8-6-7-17-34-22/h2-5,9-16,22H,6-8,17-18H2,1H3,(H,30,32). The van der Waals surface area contributed by atoms with Crippen LogP contribution in [0.1, 0.15) is 35.4 Å². The average Bonchev–Trinajstić information content (AvgIpc) is 2.89. The van der Waals surface area contributed by atoms with Gasteiger partial charge in [0.25, 0.3) is 11.5 Å². The van der Waals surface area contributed by atoms with Crippen LogP contribution in [0.5, 0.6) is 5.75 Å². The molecule has 178 valence electrons. The molecule has 3 aromatic carbocycles. The van der Waals surface area contributed by atoms with Gasteiger partial charge in [-0.25, -0.2) is 4.98 Å². The molecule has 0 aliphatic carbocycles. The number of nitrogens with one attached hydrogen (secondary N) is 1. The molecular weight excluding hydrogens is 442 g/mol. The number of rotatable bonds is 6. The van der Waals surface area contributed by atoms with Crippen molar-refractivity contribution in [1.29, 1.82) is 0 Å². The van der Waals surface area contributed by atoms with Crippen LogP contribution in [-0.4, -0.2) is 34.8 Å². The minimum absolute atomic E-state index is 0.0801. The number of hydrogen-bond acceptors (Lipinski definition) is 5. The highest BCUT2D eigenvalue weighted by Crippen LogP contribution is 2.26. The zero-order valence-corrected chi connectivity index (χ0v) is 19.6. The van der Waals surface area contributed by atoms with Gasteiger partial charge in [-0.05, 0) is 74.7 Å². The number of aryl methyl sites for hydroxylation is 1. The molecule has 1 aromatic heterocycles. The Morgan fingerprint density at radius 3 is 2.63 bits per heavy atom. The Balaban J connectivity index is 1.33. The summed E-state index contributed by atoms with van der Waals surface area (Å²) in [5.41, 5.74) is 2.25. The Hall–Kier alpha value is -3.97. The van der Waals surface area contributed by atoms with Crippen LogP contribution in [0.3, 0.4) is 0 Å². The van der Waals surface area contributed by atoms with E-state index < -0.39 is 0 Å². The number of amides is 1. The van der Waals surface area contributed by atoms with E-state index in [1.165, 1.54) is 0 Å². The third kappa shape index (κ3) is 4.95. The third-order valence-electron chi connectivity index (χ3n) is 6.17. The monoisotopic (exact) mass is 469 g/mol. The van der Waals surface area contributed by atoms with Crippen molar-refractivity contribution in [2.45, 2.75) is 32.3 Å². The number of benzene rings is 3. The van der Waals surface area contributed by atoms with Gasteiger partial charge >= 0.3 is 0 Å². The lowest BCUT2D eigenvalue weighted by Gasteiger charge is -2.23. The number of nitrogens with zero attached hydrogens (tertiary/aromatic N) is 2. The summed E-state index contributed by atoms with van der Waals surface area (Å²) in [4.78, 5) is 30.5. The highest BCUT2D eigenvalue weighted by atomic mass is 16.5. The van der Waals surface area contributed by atoms with Crippen molar-refractivity contribution < 1.29 is 14.3 Å². The molecule has 7 nitrogen and oxygen atoms in total. The van der Waals surface area contributed by atoms with Gasteiger partial charge in [0.2, 0.25) is 0 Å². The van der Waals surface area contributed by atoms with Gasteiger partial charge in [-0.3, -0.25) is 14.2 Å². The molecule has 1 amide bonds. The Kier molecular flexibility index (Phi) is 6.59. The summed E-state index contributed by atoms with van der Waals surface area (Å²) in [6.45, 7) is 3.02. The van der Waals surface area contributed by atoms with Gasteiger partial charge in [-0.15, -0.1) is 0 Å². The number of fused-ring (bicyclic) bond motifs is 1. The van der Waals surface area contributed by atoms with Gasteiger partial charge in [0, 0.05) is 12.2 Å². The number of anilines is 1. The molecule has 1 fully saturated rings. The first-order valence-corrected chi connectivity index (χ1v) is 11.8. The lowest BCUT2D eigenvalue weighted by Crippen LogP contribution is -2.26. The van der Waals surface area contributed by atoms with Crippen molar-refractivity contribution in [1.82, 2.24) is 9.55 Å². The minimum atomic E-state index is -0.262. The van der Waals surface area contributed by atoms with E-state index in [4.69, 9.17) is 9.47 Å². The van der Waals surface area contributed by atoms with Crippen LogP contribution < -0.4 is 15.6 Å². The van der Waals surface area contributed by atoms with E-state index in [9.17, 15) is 9.59 Å². The molecule has 7 heteroatoms. The molecule has 1 aliphatic heterocycles. The molecule has 0 spiro atoms. The molecule has 5 rings (SSSR count). The Bertz CT molecular complexity index is 1410.